The zero-order valence-corrected chi connectivity index (χ0v) is 11.1. The Kier molecular flexibility index (Phi) is 4.71. The first-order chi connectivity index (χ1) is 8.25. The maximum Gasteiger partial charge on any atom is 0.0449 e. The summed E-state index contributed by atoms with van der Waals surface area (Å²) in [4.78, 5) is 2.40. The molecule has 3 nitrogen and oxygen atoms in total. The summed E-state index contributed by atoms with van der Waals surface area (Å²) in [5.74, 6) is 0.779. The van der Waals surface area contributed by atoms with Crippen LogP contribution in [-0.2, 0) is 10.8 Å². The molecule has 17 heavy (non-hydrogen) atoms. The summed E-state index contributed by atoms with van der Waals surface area (Å²) < 4.78 is 11.1. The van der Waals surface area contributed by atoms with Crippen molar-refractivity contribution in [1.82, 2.24) is 10.2 Å². The number of nitrogens with zero attached hydrogens (tertiary/aromatic N) is 1. The van der Waals surface area contributed by atoms with E-state index in [0.29, 0.717) is 6.04 Å². The second-order valence-electron chi connectivity index (χ2n) is 4.50. The molecule has 1 aromatic rings. The van der Waals surface area contributed by atoms with Crippen LogP contribution in [0.25, 0.3) is 0 Å². The number of piperazine rings is 1. The quantitative estimate of drug-likeness (QED) is 0.868. The molecule has 1 saturated heterocycles. The molecule has 94 valence electrons. The Morgan fingerprint density at radius 1 is 1.41 bits per heavy atom. The van der Waals surface area contributed by atoms with Gasteiger partial charge in [-0.25, -0.2) is 0 Å². The van der Waals surface area contributed by atoms with E-state index in [1.54, 1.807) is 6.26 Å². The van der Waals surface area contributed by atoms with Crippen molar-refractivity contribution in [3.63, 3.8) is 0 Å². The molecule has 1 fully saturated rings. The minimum absolute atomic E-state index is 0.412. The summed E-state index contributed by atoms with van der Waals surface area (Å²) in [5, 5.41) is 3.54. The second-order valence-corrected chi connectivity index (χ2v) is 6.05. The molecular weight excluding hydrogens is 232 g/mol. The number of hydrogen-bond acceptors (Lipinski definition) is 3. The Morgan fingerprint density at radius 3 is 2.88 bits per heavy atom. The van der Waals surface area contributed by atoms with Gasteiger partial charge in [0, 0.05) is 55.0 Å². The van der Waals surface area contributed by atoms with Gasteiger partial charge in [-0.2, -0.15) is 0 Å². The molecule has 1 heterocycles. The minimum Gasteiger partial charge on any atom is -0.308 e. The molecule has 1 aliphatic heterocycles. The van der Waals surface area contributed by atoms with Gasteiger partial charge in [0.05, 0.1) is 0 Å². The van der Waals surface area contributed by atoms with Gasteiger partial charge in [-0.05, 0) is 5.56 Å². The van der Waals surface area contributed by atoms with Gasteiger partial charge in [0.15, 0.2) is 0 Å². The van der Waals surface area contributed by atoms with Crippen molar-refractivity contribution in [2.75, 3.05) is 38.2 Å². The molecule has 1 N–H and O–H groups in total. The van der Waals surface area contributed by atoms with E-state index in [0.717, 1.165) is 31.9 Å². The van der Waals surface area contributed by atoms with Crippen LogP contribution in [0.2, 0.25) is 0 Å². The first kappa shape index (κ1) is 12.7. The smallest absolute Gasteiger partial charge is 0.0449 e. The molecule has 0 aromatic heterocycles. The number of hydrogen-bond donors (Lipinski definition) is 1. The van der Waals surface area contributed by atoms with Crippen LogP contribution in [0.5, 0.6) is 0 Å². The number of benzene rings is 1. The average molecular weight is 252 g/mol. The summed E-state index contributed by atoms with van der Waals surface area (Å²) in [6.45, 7) is 4.02. The van der Waals surface area contributed by atoms with Crippen LogP contribution in [-0.4, -0.2) is 47.3 Å². The monoisotopic (exact) mass is 252 g/mol. The van der Waals surface area contributed by atoms with Crippen LogP contribution in [0.1, 0.15) is 11.6 Å². The Bertz CT molecular complexity index is 369. The third kappa shape index (κ3) is 3.91. The summed E-state index contributed by atoms with van der Waals surface area (Å²) in [6, 6.07) is 11.0. The topological polar surface area (TPSA) is 32.3 Å². The number of nitrogens with one attached hydrogen (secondary N) is 1. The highest BCUT2D eigenvalue weighted by molar-refractivity contribution is 7.84. The van der Waals surface area contributed by atoms with E-state index in [2.05, 4.69) is 34.5 Å². The highest BCUT2D eigenvalue weighted by Crippen LogP contribution is 2.16. The zero-order chi connectivity index (χ0) is 12.1. The first-order valence-electron chi connectivity index (χ1n) is 6.06. The summed E-state index contributed by atoms with van der Waals surface area (Å²) in [6.07, 6.45) is 1.77. The summed E-state index contributed by atoms with van der Waals surface area (Å²) >= 11 is 0. The maximum absolute atomic E-state index is 11.1. The van der Waals surface area contributed by atoms with Gasteiger partial charge < -0.3 is 5.32 Å². The van der Waals surface area contributed by atoms with Crippen molar-refractivity contribution in [2.24, 2.45) is 0 Å². The molecule has 1 aliphatic rings. The van der Waals surface area contributed by atoms with Crippen molar-refractivity contribution in [1.29, 1.82) is 0 Å². The van der Waals surface area contributed by atoms with Crippen molar-refractivity contribution >= 4 is 10.8 Å². The fourth-order valence-electron chi connectivity index (χ4n) is 2.18. The standard InChI is InChI=1S/C13H20N2OS/c1-17(16)10-9-15-8-7-14-13(11-15)12-5-3-2-4-6-12/h2-6,13-14H,7-11H2,1H3. The molecule has 4 heteroatoms. The van der Waals surface area contributed by atoms with Crippen molar-refractivity contribution < 1.29 is 4.21 Å². The first-order valence-corrected chi connectivity index (χ1v) is 7.79. The van der Waals surface area contributed by atoms with Crippen LogP contribution in [0.15, 0.2) is 30.3 Å². The highest BCUT2D eigenvalue weighted by atomic mass is 32.2. The van der Waals surface area contributed by atoms with Crippen molar-refractivity contribution in [3.05, 3.63) is 35.9 Å². The Morgan fingerprint density at radius 2 is 2.18 bits per heavy atom. The van der Waals surface area contributed by atoms with Crippen LogP contribution >= 0.6 is 0 Å². The van der Waals surface area contributed by atoms with Crippen molar-refractivity contribution in [3.8, 4) is 0 Å². The lowest BCUT2D eigenvalue weighted by atomic mass is 10.0. The molecular formula is C13H20N2OS. The molecule has 0 aliphatic carbocycles. The molecule has 1 aromatic carbocycles. The molecule has 0 radical (unpaired) electrons. The summed E-state index contributed by atoms with van der Waals surface area (Å²) in [5.41, 5.74) is 1.34. The molecule has 0 saturated carbocycles. The van der Waals surface area contributed by atoms with Crippen LogP contribution < -0.4 is 5.32 Å². The molecule has 0 spiro atoms. The van der Waals surface area contributed by atoms with E-state index < -0.39 is 10.8 Å². The van der Waals surface area contributed by atoms with Gasteiger partial charge in [-0.1, -0.05) is 30.3 Å². The normalized spacial score (nSPS) is 23.5. The predicted molar refractivity (Wildman–Crippen MR) is 72.6 cm³/mol. The van der Waals surface area contributed by atoms with Gasteiger partial charge in [0.1, 0.15) is 0 Å². The predicted octanol–water partition coefficient (Wildman–Crippen LogP) is 1.01. The van der Waals surface area contributed by atoms with E-state index in [4.69, 9.17) is 0 Å². The Balaban J connectivity index is 1.91. The fourth-order valence-corrected chi connectivity index (χ4v) is 2.70. The lowest BCUT2D eigenvalue weighted by molar-refractivity contribution is 0.211. The van der Waals surface area contributed by atoms with Crippen molar-refractivity contribution in [2.45, 2.75) is 6.04 Å². The van der Waals surface area contributed by atoms with Crippen LogP contribution in [0.4, 0.5) is 0 Å². The van der Waals surface area contributed by atoms with E-state index >= 15 is 0 Å². The van der Waals surface area contributed by atoms with Gasteiger partial charge in [-0.3, -0.25) is 9.11 Å². The van der Waals surface area contributed by atoms with Gasteiger partial charge in [0.2, 0.25) is 0 Å². The fraction of sp³-hybridized carbons (Fsp3) is 0.538. The molecule has 0 bridgehead atoms. The molecule has 0 amide bonds. The largest absolute Gasteiger partial charge is 0.308 e. The van der Waals surface area contributed by atoms with Gasteiger partial charge in [-0.15, -0.1) is 0 Å². The molecule has 2 rings (SSSR count). The lowest BCUT2D eigenvalue weighted by Crippen LogP contribution is -2.46. The summed E-state index contributed by atoms with van der Waals surface area (Å²) in [7, 11) is -0.685. The highest BCUT2D eigenvalue weighted by Gasteiger charge is 2.20. The molecule has 2 unspecified atom stereocenters. The van der Waals surface area contributed by atoms with E-state index in [9.17, 15) is 4.21 Å². The van der Waals surface area contributed by atoms with E-state index in [1.165, 1.54) is 5.56 Å². The SMILES string of the molecule is CS(=O)CCN1CCNC(c2ccccc2)C1. The minimum atomic E-state index is -0.685. The lowest BCUT2D eigenvalue weighted by Gasteiger charge is -2.33. The van der Waals surface area contributed by atoms with Crippen LogP contribution in [0, 0.1) is 0 Å². The number of rotatable bonds is 4. The molecule has 2 atom stereocenters. The third-order valence-corrected chi connectivity index (χ3v) is 3.91. The van der Waals surface area contributed by atoms with Gasteiger partial charge >= 0.3 is 0 Å². The van der Waals surface area contributed by atoms with Gasteiger partial charge in [0.25, 0.3) is 0 Å². The average Bonchev–Trinajstić information content (AvgIpc) is 2.38. The zero-order valence-electron chi connectivity index (χ0n) is 10.3. The van der Waals surface area contributed by atoms with E-state index in [-0.39, 0.29) is 0 Å². The second kappa shape index (κ2) is 6.28. The van der Waals surface area contributed by atoms with E-state index in [1.807, 2.05) is 6.07 Å². The van der Waals surface area contributed by atoms with Crippen LogP contribution in [0.3, 0.4) is 0 Å². The maximum atomic E-state index is 11.1. The Hall–Kier alpha value is -0.710. The Labute approximate surface area is 106 Å². The third-order valence-electron chi connectivity index (χ3n) is 3.16.